The Labute approximate surface area is 159 Å². The molecular weight excluding hydrogens is 377 g/mol. The highest BCUT2D eigenvalue weighted by atomic mass is 19.4. The second-order valence-electron chi connectivity index (χ2n) is 7.46. The molecule has 0 bridgehead atoms. The molecule has 2 fully saturated rings. The third-order valence-corrected chi connectivity index (χ3v) is 5.44. The van der Waals surface area contributed by atoms with Crippen LogP contribution in [0.5, 0.6) is 0 Å². The molecule has 1 unspecified atom stereocenters. The summed E-state index contributed by atoms with van der Waals surface area (Å²) in [4.78, 5) is 37.7. The number of likely N-dealkylation sites (tertiary alicyclic amines) is 1. The number of alkyl halides is 3. The van der Waals surface area contributed by atoms with E-state index in [9.17, 15) is 32.7 Å². The van der Waals surface area contributed by atoms with Gasteiger partial charge in [-0.2, -0.15) is 13.2 Å². The summed E-state index contributed by atoms with van der Waals surface area (Å²) >= 11 is 0. The van der Waals surface area contributed by atoms with Crippen LogP contribution in [-0.4, -0.2) is 39.9 Å². The van der Waals surface area contributed by atoms with E-state index in [1.807, 2.05) is 0 Å². The van der Waals surface area contributed by atoms with Crippen molar-refractivity contribution in [2.75, 3.05) is 6.54 Å². The number of carboxylic acid groups (broad SMARTS) is 1. The Bertz CT molecular complexity index is 788. The van der Waals surface area contributed by atoms with Crippen molar-refractivity contribution < 1.29 is 32.7 Å². The minimum Gasteiger partial charge on any atom is -0.480 e. The van der Waals surface area contributed by atoms with E-state index in [1.54, 1.807) is 0 Å². The Morgan fingerprint density at radius 3 is 2.54 bits per heavy atom. The molecule has 1 saturated carbocycles. The lowest BCUT2D eigenvalue weighted by atomic mass is 9.96. The van der Waals surface area contributed by atoms with Crippen molar-refractivity contribution in [3.05, 3.63) is 35.4 Å². The van der Waals surface area contributed by atoms with E-state index >= 15 is 0 Å². The van der Waals surface area contributed by atoms with Gasteiger partial charge in [0.2, 0.25) is 11.8 Å². The summed E-state index contributed by atoms with van der Waals surface area (Å²) in [6.45, 7) is 0.0210. The fourth-order valence-corrected chi connectivity index (χ4v) is 3.88. The number of carbonyl (C=O) groups excluding carboxylic acids is 2. The first kappa shape index (κ1) is 20.2. The monoisotopic (exact) mass is 398 g/mol. The number of hydrogen-bond donors (Lipinski definition) is 2. The van der Waals surface area contributed by atoms with Gasteiger partial charge in [-0.15, -0.1) is 0 Å². The first-order chi connectivity index (χ1) is 13.1. The number of carbonyl (C=O) groups is 3. The van der Waals surface area contributed by atoms with Crippen LogP contribution in [0.2, 0.25) is 0 Å². The summed E-state index contributed by atoms with van der Waals surface area (Å²) in [7, 11) is 0. The minimum atomic E-state index is -4.47. The molecule has 1 aromatic carbocycles. The van der Waals surface area contributed by atoms with Gasteiger partial charge in [0.15, 0.2) is 0 Å². The van der Waals surface area contributed by atoms with E-state index in [0.717, 1.165) is 12.1 Å². The van der Waals surface area contributed by atoms with Crippen LogP contribution in [0.25, 0.3) is 0 Å². The van der Waals surface area contributed by atoms with Crippen LogP contribution in [0.1, 0.15) is 43.2 Å². The number of benzene rings is 1. The Hall–Kier alpha value is -2.58. The SMILES string of the molecule is O=C(NC1(C(=O)O)CCCC1)C1CC(=O)N(Cc2cccc(C(F)(F)F)c2)C1. The first-order valence-electron chi connectivity index (χ1n) is 9.10. The van der Waals surface area contributed by atoms with Crippen LogP contribution in [-0.2, 0) is 27.1 Å². The number of rotatable bonds is 5. The number of halogens is 3. The van der Waals surface area contributed by atoms with E-state index in [2.05, 4.69) is 5.32 Å². The van der Waals surface area contributed by atoms with E-state index in [0.29, 0.717) is 31.2 Å². The van der Waals surface area contributed by atoms with Crippen molar-refractivity contribution in [3.8, 4) is 0 Å². The molecule has 1 aliphatic heterocycles. The Kier molecular flexibility index (Phi) is 5.36. The summed E-state index contributed by atoms with van der Waals surface area (Å²) in [5, 5.41) is 12.1. The average molecular weight is 398 g/mol. The molecule has 1 saturated heterocycles. The molecule has 1 aromatic rings. The van der Waals surface area contributed by atoms with Gasteiger partial charge in [-0.25, -0.2) is 4.79 Å². The van der Waals surface area contributed by atoms with Crippen LogP contribution < -0.4 is 5.32 Å². The van der Waals surface area contributed by atoms with Crippen molar-refractivity contribution >= 4 is 17.8 Å². The van der Waals surface area contributed by atoms with E-state index in [1.165, 1.54) is 17.0 Å². The molecule has 0 aromatic heterocycles. The number of amides is 2. The maximum atomic E-state index is 12.8. The molecular formula is C19H21F3N2O4. The molecule has 2 aliphatic rings. The molecule has 28 heavy (non-hydrogen) atoms. The van der Waals surface area contributed by atoms with Gasteiger partial charge in [-0.05, 0) is 30.5 Å². The number of hydrogen-bond acceptors (Lipinski definition) is 3. The maximum absolute atomic E-state index is 12.8. The van der Waals surface area contributed by atoms with Gasteiger partial charge in [-0.3, -0.25) is 9.59 Å². The number of carboxylic acids is 1. The largest absolute Gasteiger partial charge is 0.480 e. The predicted molar refractivity (Wildman–Crippen MR) is 91.9 cm³/mol. The van der Waals surface area contributed by atoms with Crippen molar-refractivity contribution in [3.63, 3.8) is 0 Å². The van der Waals surface area contributed by atoms with Crippen molar-refractivity contribution in [2.45, 2.75) is 50.4 Å². The highest BCUT2D eigenvalue weighted by molar-refractivity contribution is 5.92. The smallest absolute Gasteiger partial charge is 0.416 e. The quantitative estimate of drug-likeness (QED) is 0.798. The van der Waals surface area contributed by atoms with Crippen LogP contribution >= 0.6 is 0 Å². The third kappa shape index (κ3) is 4.13. The summed E-state index contributed by atoms with van der Waals surface area (Å²) < 4.78 is 38.5. The molecule has 1 heterocycles. The van der Waals surface area contributed by atoms with Gasteiger partial charge in [0.05, 0.1) is 11.5 Å². The summed E-state index contributed by atoms with van der Waals surface area (Å²) in [5.74, 6) is -2.63. The lowest BCUT2D eigenvalue weighted by molar-refractivity contribution is -0.148. The summed E-state index contributed by atoms with van der Waals surface area (Å²) in [6, 6.07) is 4.71. The van der Waals surface area contributed by atoms with Gasteiger partial charge in [0.1, 0.15) is 5.54 Å². The van der Waals surface area contributed by atoms with Crippen molar-refractivity contribution in [1.29, 1.82) is 0 Å². The first-order valence-corrected chi connectivity index (χ1v) is 9.10. The van der Waals surface area contributed by atoms with E-state index in [4.69, 9.17) is 0 Å². The predicted octanol–water partition coefficient (Wildman–Crippen LogP) is 2.57. The van der Waals surface area contributed by atoms with Crippen LogP contribution in [0.4, 0.5) is 13.2 Å². The van der Waals surface area contributed by atoms with E-state index in [-0.39, 0.29) is 25.4 Å². The molecule has 6 nitrogen and oxygen atoms in total. The van der Waals surface area contributed by atoms with E-state index < -0.39 is 35.1 Å². The fourth-order valence-electron chi connectivity index (χ4n) is 3.88. The second-order valence-corrected chi connectivity index (χ2v) is 7.46. The Morgan fingerprint density at radius 2 is 1.93 bits per heavy atom. The van der Waals surface area contributed by atoms with Crippen molar-refractivity contribution in [2.24, 2.45) is 5.92 Å². The third-order valence-electron chi connectivity index (χ3n) is 5.44. The molecule has 2 N–H and O–H groups in total. The maximum Gasteiger partial charge on any atom is 0.416 e. The Morgan fingerprint density at radius 1 is 1.25 bits per heavy atom. The standard InChI is InChI=1S/C19H21F3N2O4/c20-19(21,22)14-5-3-4-12(8-14)10-24-11-13(9-15(24)25)16(26)23-18(17(27)28)6-1-2-7-18/h3-5,8,13H,1-2,6-7,9-11H2,(H,23,26)(H,27,28). The normalized spacial score (nSPS) is 21.8. The van der Waals surface area contributed by atoms with Crippen molar-refractivity contribution in [1.82, 2.24) is 10.2 Å². The van der Waals surface area contributed by atoms with Gasteiger partial charge in [0.25, 0.3) is 0 Å². The highest BCUT2D eigenvalue weighted by Gasteiger charge is 2.45. The summed E-state index contributed by atoms with van der Waals surface area (Å²) in [5.41, 5.74) is -1.76. The van der Waals surface area contributed by atoms with Gasteiger partial charge >= 0.3 is 12.1 Å². The zero-order valence-corrected chi connectivity index (χ0v) is 15.1. The molecule has 152 valence electrons. The Balaban J connectivity index is 1.65. The number of nitrogens with one attached hydrogen (secondary N) is 1. The van der Waals surface area contributed by atoms with Gasteiger partial charge in [0, 0.05) is 19.5 Å². The lowest BCUT2D eigenvalue weighted by Gasteiger charge is -2.27. The highest BCUT2D eigenvalue weighted by Crippen LogP contribution is 2.32. The zero-order valence-electron chi connectivity index (χ0n) is 15.1. The van der Waals surface area contributed by atoms with Crippen LogP contribution in [0.3, 0.4) is 0 Å². The molecule has 2 amide bonds. The molecule has 3 rings (SSSR count). The molecule has 1 atom stereocenters. The zero-order chi connectivity index (χ0) is 20.5. The fraction of sp³-hybridized carbons (Fsp3) is 0.526. The molecule has 9 heteroatoms. The molecule has 0 spiro atoms. The second kappa shape index (κ2) is 7.44. The lowest BCUT2D eigenvalue weighted by Crippen LogP contribution is -2.54. The van der Waals surface area contributed by atoms with Crippen LogP contribution in [0.15, 0.2) is 24.3 Å². The molecule has 1 aliphatic carbocycles. The number of nitrogens with zero attached hydrogens (tertiary/aromatic N) is 1. The topological polar surface area (TPSA) is 86.7 Å². The van der Waals surface area contributed by atoms with Crippen LogP contribution in [0, 0.1) is 5.92 Å². The minimum absolute atomic E-state index is 0.0311. The van der Waals surface area contributed by atoms with Gasteiger partial charge < -0.3 is 15.3 Å². The van der Waals surface area contributed by atoms with Gasteiger partial charge in [-0.1, -0.05) is 25.0 Å². The summed E-state index contributed by atoms with van der Waals surface area (Å²) in [6.07, 6.45) is -2.44. The molecule has 0 radical (unpaired) electrons. The average Bonchev–Trinajstić information content (AvgIpc) is 3.23. The number of aliphatic carboxylic acids is 1.